The Balaban J connectivity index is 3.08. The van der Waals surface area contributed by atoms with Gasteiger partial charge in [0.15, 0.2) is 0 Å². The van der Waals surface area contributed by atoms with Gasteiger partial charge in [-0.25, -0.2) is 0 Å². The number of hydrogen-bond donors (Lipinski definition) is 2. The average molecular weight is 171 g/mol. The first-order valence-electron chi connectivity index (χ1n) is 5.72. The number of hydrogen-bond acceptors (Lipinski definition) is 3. The number of aromatic nitrogens is 1. The van der Waals surface area contributed by atoms with Gasteiger partial charge in [-0.3, -0.25) is 4.98 Å². The molecular formula is C9H13NO2. The van der Waals surface area contributed by atoms with E-state index in [0.717, 1.165) is 0 Å². The van der Waals surface area contributed by atoms with Crippen LogP contribution in [0.2, 0.25) is 0 Å². The predicted octanol–water partition coefficient (Wildman–Crippen LogP) is 0.887. The summed E-state index contributed by atoms with van der Waals surface area (Å²) in [6.07, 6.45) is -1.34. The summed E-state index contributed by atoms with van der Waals surface area (Å²) in [5.74, 6) is 0. The fraction of sp³-hybridized carbons (Fsp3) is 0.444. The Morgan fingerprint density at radius 3 is 3.25 bits per heavy atom. The van der Waals surface area contributed by atoms with E-state index in [0.29, 0.717) is 6.42 Å². The molecule has 0 amide bonds. The van der Waals surface area contributed by atoms with Crippen LogP contribution >= 0.6 is 0 Å². The minimum atomic E-state index is -1.09. The summed E-state index contributed by atoms with van der Waals surface area (Å²) in [6.45, 7) is -0.0879. The van der Waals surface area contributed by atoms with Crippen molar-refractivity contribution in [3.8, 4) is 0 Å². The number of rotatable bonds is 4. The molecule has 0 aromatic carbocycles. The van der Waals surface area contributed by atoms with Gasteiger partial charge in [-0.15, -0.1) is 0 Å². The van der Waals surface area contributed by atoms with E-state index in [9.17, 15) is 5.11 Å². The quantitative estimate of drug-likeness (QED) is 0.707. The molecule has 0 aliphatic heterocycles. The van der Waals surface area contributed by atoms with Crippen molar-refractivity contribution >= 4 is 0 Å². The van der Waals surface area contributed by atoms with Gasteiger partial charge in [0, 0.05) is 19.0 Å². The fourth-order valence-electron chi connectivity index (χ4n) is 0.826. The molecule has 1 aromatic rings. The molecule has 1 rings (SSSR count). The lowest BCUT2D eigenvalue weighted by Crippen LogP contribution is -1.98. The van der Waals surface area contributed by atoms with Crippen LogP contribution in [0.5, 0.6) is 0 Å². The molecule has 66 valence electrons. The van der Waals surface area contributed by atoms with E-state index in [2.05, 4.69) is 4.98 Å². The lowest BCUT2D eigenvalue weighted by atomic mass is 10.1. The summed E-state index contributed by atoms with van der Waals surface area (Å²) >= 11 is 0. The van der Waals surface area contributed by atoms with Crippen LogP contribution in [0.4, 0.5) is 0 Å². The first kappa shape index (κ1) is 4.94. The molecule has 0 spiro atoms. The highest BCUT2D eigenvalue weighted by Crippen LogP contribution is 2.15. The molecule has 3 nitrogen and oxygen atoms in total. The van der Waals surface area contributed by atoms with E-state index in [1.54, 1.807) is 0 Å². The summed E-state index contributed by atoms with van der Waals surface area (Å²) < 4.78 is 29.6. The van der Waals surface area contributed by atoms with Crippen molar-refractivity contribution in [3.05, 3.63) is 30.0 Å². The van der Waals surface area contributed by atoms with Gasteiger partial charge >= 0.3 is 0 Å². The third kappa shape index (κ3) is 2.60. The van der Waals surface area contributed by atoms with Gasteiger partial charge < -0.3 is 10.2 Å². The predicted molar refractivity (Wildman–Crippen MR) is 45.5 cm³/mol. The van der Waals surface area contributed by atoms with Crippen molar-refractivity contribution in [2.75, 3.05) is 6.61 Å². The minimum absolute atomic E-state index is 0.0468. The molecular weight excluding hydrogens is 154 g/mol. The molecule has 0 fully saturated rings. The van der Waals surface area contributed by atoms with E-state index in [4.69, 9.17) is 10.6 Å². The van der Waals surface area contributed by atoms with Gasteiger partial charge in [0.1, 0.15) is 0 Å². The third-order valence-corrected chi connectivity index (χ3v) is 1.45. The molecule has 0 saturated carbocycles. The van der Waals surface area contributed by atoms with Crippen LogP contribution in [0.3, 0.4) is 0 Å². The van der Waals surface area contributed by atoms with Gasteiger partial charge in [-0.2, -0.15) is 0 Å². The maximum atomic E-state index is 9.69. The molecule has 0 aliphatic carbocycles. The number of pyridine rings is 1. The van der Waals surface area contributed by atoms with Crippen molar-refractivity contribution in [3.63, 3.8) is 0 Å². The SMILES string of the molecule is [2H]c1nc([2H])c(C(O)CCCO)c([2H])c1[2H]. The molecule has 1 aromatic heterocycles. The Morgan fingerprint density at radius 1 is 1.67 bits per heavy atom. The smallest absolute Gasteiger partial charge is 0.0844 e. The molecule has 1 heterocycles. The van der Waals surface area contributed by atoms with Crippen molar-refractivity contribution in [2.45, 2.75) is 18.9 Å². The zero-order valence-electron chi connectivity index (χ0n) is 10.5. The van der Waals surface area contributed by atoms with Gasteiger partial charge in [0.05, 0.1) is 11.6 Å². The van der Waals surface area contributed by atoms with E-state index in [1.165, 1.54) is 0 Å². The highest BCUT2D eigenvalue weighted by atomic mass is 16.3. The van der Waals surface area contributed by atoms with Crippen LogP contribution in [0.15, 0.2) is 24.4 Å². The van der Waals surface area contributed by atoms with Crippen LogP contribution in [-0.4, -0.2) is 21.8 Å². The monoisotopic (exact) mass is 171 g/mol. The van der Waals surface area contributed by atoms with Gasteiger partial charge in [-0.1, -0.05) is 6.04 Å². The maximum Gasteiger partial charge on any atom is 0.0844 e. The molecule has 0 bridgehead atoms. The fourth-order valence-corrected chi connectivity index (χ4v) is 0.826. The van der Waals surface area contributed by atoms with Crippen LogP contribution in [0, 0.1) is 0 Å². The second-order valence-electron chi connectivity index (χ2n) is 2.38. The Labute approximate surface area is 77.3 Å². The summed E-state index contributed by atoms with van der Waals surface area (Å²) in [5.41, 5.74) is -0.0468. The van der Waals surface area contributed by atoms with Crippen molar-refractivity contribution in [1.82, 2.24) is 4.98 Å². The van der Waals surface area contributed by atoms with Gasteiger partial charge in [0.2, 0.25) is 0 Å². The van der Waals surface area contributed by atoms with Crippen molar-refractivity contribution in [2.24, 2.45) is 0 Å². The summed E-state index contributed by atoms with van der Waals surface area (Å²) in [5, 5.41) is 18.3. The molecule has 2 N–H and O–H groups in total. The van der Waals surface area contributed by atoms with Crippen LogP contribution in [0.25, 0.3) is 0 Å². The largest absolute Gasteiger partial charge is 0.396 e. The molecule has 0 radical (unpaired) electrons. The van der Waals surface area contributed by atoms with E-state index < -0.39 is 18.3 Å². The Hall–Kier alpha value is -0.930. The minimum Gasteiger partial charge on any atom is -0.396 e. The van der Waals surface area contributed by atoms with E-state index >= 15 is 0 Å². The Kier molecular flexibility index (Phi) is 2.00. The van der Waals surface area contributed by atoms with E-state index in [1.807, 2.05) is 0 Å². The second-order valence-corrected chi connectivity index (χ2v) is 2.38. The van der Waals surface area contributed by atoms with E-state index in [-0.39, 0.29) is 30.8 Å². The molecule has 12 heavy (non-hydrogen) atoms. The topological polar surface area (TPSA) is 53.4 Å². The number of nitrogens with zero attached hydrogens (tertiary/aromatic N) is 1. The molecule has 0 saturated heterocycles. The molecule has 0 aliphatic rings. The summed E-state index contributed by atoms with van der Waals surface area (Å²) in [4.78, 5) is 3.47. The summed E-state index contributed by atoms with van der Waals surface area (Å²) in [6, 6.07) is -0.732. The van der Waals surface area contributed by atoms with Crippen molar-refractivity contribution < 1.29 is 15.7 Å². The zero-order valence-corrected chi connectivity index (χ0v) is 6.54. The average Bonchev–Trinajstić information content (AvgIpc) is 2.23. The lowest BCUT2D eigenvalue weighted by Gasteiger charge is -2.08. The van der Waals surface area contributed by atoms with Crippen LogP contribution in [-0.2, 0) is 0 Å². The van der Waals surface area contributed by atoms with Gasteiger partial charge in [-0.05, 0) is 24.4 Å². The number of aliphatic hydroxyl groups excluding tert-OH is 2. The standard InChI is InChI=1S/C9H13NO2/c11-6-2-4-9(12)8-3-1-5-10-7-8/h1,3,5,7,9,11-12H,2,4,6H2/i1D,3D,5D,7D. The van der Waals surface area contributed by atoms with Crippen molar-refractivity contribution in [1.29, 1.82) is 0 Å². The van der Waals surface area contributed by atoms with Crippen LogP contribution < -0.4 is 0 Å². The third-order valence-electron chi connectivity index (χ3n) is 1.45. The molecule has 1 atom stereocenters. The second kappa shape index (κ2) is 4.85. The maximum absolute atomic E-state index is 9.69. The Morgan fingerprint density at radius 2 is 2.50 bits per heavy atom. The molecule has 3 heteroatoms. The highest BCUT2D eigenvalue weighted by molar-refractivity contribution is 5.11. The summed E-state index contributed by atoms with van der Waals surface area (Å²) in [7, 11) is 0. The highest BCUT2D eigenvalue weighted by Gasteiger charge is 2.05. The number of aliphatic hydroxyl groups is 2. The molecule has 1 unspecified atom stereocenters. The first-order chi connectivity index (χ1) is 7.49. The normalized spacial score (nSPS) is 17.5. The van der Waals surface area contributed by atoms with Gasteiger partial charge in [0.25, 0.3) is 0 Å². The lowest BCUT2D eigenvalue weighted by molar-refractivity contribution is 0.151. The Bertz CT molecular complexity index is 386. The van der Waals surface area contributed by atoms with Crippen LogP contribution in [0.1, 0.15) is 30.0 Å². The first-order valence-corrected chi connectivity index (χ1v) is 3.72. The zero-order chi connectivity index (χ0) is 12.3.